The number of amides is 1. The summed E-state index contributed by atoms with van der Waals surface area (Å²) in [6, 6.07) is 0.0991. The van der Waals surface area contributed by atoms with E-state index in [9.17, 15) is 14.9 Å². The number of rotatable bonds is 3. The van der Waals surface area contributed by atoms with Crippen molar-refractivity contribution in [3.63, 3.8) is 0 Å². The summed E-state index contributed by atoms with van der Waals surface area (Å²) in [5.74, 6) is 0.180. The number of nitrogens with zero attached hydrogens (tertiary/aromatic N) is 4. The van der Waals surface area contributed by atoms with Gasteiger partial charge in [0, 0.05) is 26.1 Å². The zero-order valence-corrected chi connectivity index (χ0v) is 11.1. The molecule has 0 unspecified atom stereocenters. The van der Waals surface area contributed by atoms with Crippen LogP contribution in [0.4, 0.5) is 17.5 Å². The van der Waals surface area contributed by atoms with Gasteiger partial charge in [0.1, 0.15) is 6.20 Å². The zero-order valence-electron chi connectivity index (χ0n) is 11.1. The first kappa shape index (κ1) is 14.0. The molecular weight excluding hydrogens is 264 g/mol. The highest BCUT2D eigenvalue weighted by Crippen LogP contribution is 2.27. The molecule has 0 radical (unpaired) electrons. The Morgan fingerprint density at radius 2 is 2.20 bits per heavy atom. The van der Waals surface area contributed by atoms with E-state index in [1.54, 1.807) is 4.90 Å². The van der Waals surface area contributed by atoms with Crippen LogP contribution < -0.4 is 16.0 Å². The fourth-order valence-electron chi connectivity index (χ4n) is 2.26. The number of aromatic nitrogens is 2. The highest BCUT2D eigenvalue weighted by atomic mass is 16.6. The van der Waals surface area contributed by atoms with E-state index < -0.39 is 4.92 Å². The summed E-state index contributed by atoms with van der Waals surface area (Å²) in [4.78, 5) is 30.9. The normalized spacial score (nSPS) is 15.9. The fraction of sp³-hybridized carbons (Fsp3) is 0.545. The molecule has 0 aromatic carbocycles. The first-order valence-electron chi connectivity index (χ1n) is 6.26. The van der Waals surface area contributed by atoms with E-state index >= 15 is 0 Å². The lowest BCUT2D eigenvalue weighted by Crippen LogP contribution is -2.44. The summed E-state index contributed by atoms with van der Waals surface area (Å²) in [5, 5.41) is 13.8. The number of carbonyl (C=O) groups is 1. The lowest BCUT2D eigenvalue weighted by molar-refractivity contribution is -0.384. The van der Waals surface area contributed by atoms with Crippen LogP contribution in [0.2, 0.25) is 0 Å². The Morgan fingerprint density at radius 1 is 1.55 bits per heavy atom. The van der Waals surface area contributed by atoms with Gasteiger partial charge >= 0.3 is 5.69 Å². The van der Waals surface area contributed by atoms with Crippen molar-refractivity contribution in [2.24, 2.45) is 0 Å². The van der Waals surface area contributed by atoms with E-state index in [0.29, 0.717) is 25.9 Å². The van der Waals surface area contributed by atoms with Gasteiger partial charge in [0.15, 0.2) is 0 Å². The topological polar surface area (TPSA) is 127 Å². The van der Waals surface area contributed by atoms with Crippen LogP contribution in [0.25, 0.3) is 0 Å². The van der Waals surface area contributed by atoms with E-state index in [0.717, 1.165) is 6.20 Å². The van der Waals surface area contributed by atoms with Crippen molar-refractivity contribution in [2.75, 3.05) is 23.7 Å². The summed E-state index contributed by atoms with van der Waals surface area (Å²) < 4.78 is 0. The van der Waals surface area contributed by atoms with Gasteiger partial charge < -0.3 is 16.0 Å². The number of carbonyl (C=O) groups excluding carboxylic acids is 1. The number of hydrogen-bond donors (Lipinski definition) is 2. The Bertz CT molecular complexity index is 527. The number of nitrogens with one attached hydrogen (secondary N) is 1. The average molecular weight is 280 g/mol. The minimum Gasteiger partial charge on any atom is -0.368 e. The van der Waals surface area contributed by atoms with Crippen molar-refractivity contribution < 1.29 is 9.72 Å². The number of nitrogen functional groups attached to an aromatic ring is 1. The molecule has 1 aromatic rings. The van der Waals surface area contributed by atoms with E-state index in [1.807, 2.05) is 0 Å². The maximum Gasteiger partial charge on any atom is 0.329 e. The minimum absolute atomic E-state index is 0.00887. The largest absolute Gasteiger partial charge is 0.368 e. The quantitative estimate of drug-likeness (QED) is 0.592. The predicted molar refractivity (Wildman–Crippen MR) is 72.2 cm³/mol. The SMILES string of the molecule is CC(=O)NC1CCN(c2nc(N)ncc2[N+](=O)[O-])CC1. The summed E-state index contributed by atoms with van der Waals surface area (Å²) in [6.45, 7) is 2.62. The number of nitrogens with two attached hydrogens (primary N) is 1. The molecule has 1 fully saturated rings. The zero-order chi connectivity index (χ0) is 14.7. The van der Waals surface area contributed by atoms with E-state index in [-0.39, 0.29) is 29.4 Å². The molecule has 0 atom stereocenters. The summed E-state index contributed by atoms with van der Waals surface area (Å²) >= 11 is 0. The maximum absolute atomic E-state index is 11.0. The molecule has 1 aliphatic rings. The summed E-state index contributed by atoms with van der Waals surface area (Å²) in [7, 11) is 0. The monoisotopic (exact) mass is 280 g/mol. The number of nitro groups is 1. The summed E-state index contributed by atoms with van der Waals surface area (Å²) in [6.07, 6.45) is 2.54. The smallest absolute Gasteiger partial charge is 0.329 e. The number of hydrogen-bond acceptors (Lipinski definition) is 7. The van der Waals surface area contributed by atoms with Crippen molar-refractivity contribution >= 4 is 23.4 Å². The molecule has 0 spiro atoms. The van der Waals surface area contributed by atoms with Gasteiger partial charge in [-0.15, -0.1) is 0 Å². The molecule has 0 saturated carbocycles. The second-order valence-corrected chi connectivity index (χ2v) is 4.66. The van der Waals surface area contributed by atoms with Crippen molar-refractivity contribution in [3.05, 3.63) is 16.3 Å². The van der Waals surface area contributed by atoms with E-state index in [2.05, 4.69) is 15.3 Å². The van der Waals surface area contributed by atoms with E-state index in [1.165, 1.54) is 6.92 Å². The van der Waals surface area contributed by atoms with Crippen LogP contribution in [0.15, 0.2) is 6.20 Å². The number of anilines is 2. The molecule has 20 heavy (non-hydrogen) atoms. The van der Waals surface area contributed by atoms with Gasteiger partial charge in [-0.25, -0.2) is 4.98 Å². The Morgan fingerprint density at radius 3 is 2.75 bits per heavy atom. The van der Waals surface area contributed by atoms with Crippen LogP contribution in [0, 0.1) is 10.1 Å². The molecule has 1 aromatic heterocycles. The Kier molecular flexibility index (Phi) is 3.97. The highest BCUT2D eigenvalue weighted by Gasteiger charge is 2.27. The molecule has 1 amide bonds. The van der Waals surface area contributed by atoms with Crippen molar-refractivity contribution in [3.8, 4) is 0 Å². The van der Waals surface area contributed by atoms with Crippen LogP contribution >= 0.6 is 0 Å². The first-order valence-corrected chi connectivity index (χ1v) is 6.26. The van der Waals surface area contributed by atoms with Crippen LogP contribution in [0.5, 0.6) is 0 Å². The van der Waals surface area contributed by atoms with Gasteiger partial charge in [0.25, 0.3) is 0 Å². The number of piperidine rings is 1. The molecule has 9 heteroatoms. The van der Waals surface area contributed by atoms with Crippen molar-refractivity contribution in [1.29, 1.82) is 0 Å². The molecule has 0 aliphatic carbocycles. The molecular formula is C11H16N6O3. The van der Waals surface area contributed by atoms with E-state index in [4.69, 9.17) is 5.73 Å². The molecule has 3 N–H and O–H groups in total. The van der Waals surface area contributed by atoms with Crippen molar-refractivity contribution in [2.45, 2.75) is 25.8 Å². The molecule has 0 bridgehead atoms. The van der Waals surface area contributed by atoms with Crippen LogP contribution in [-0.2, 0) is 4.79 Å². The molecule has 9 nitrogen and oxygen atoms in total. The predicted octanol–water partition coefficient (Wildman–Crippen LogP) is 0.0719. The summed E-state index contributed by atoms with van der Waals surface area (Å²) in [5.41, 5.74) is 5.34. The second-order valence-electron chi connectivity index (χ2n) is 4.66. The third-order valence-electron chi connectivity index (χ3n) is 3.17. The molecule has 2 heterocycles. The molecule has 1 aliphatic heterocycles. The van der Waals surface area contributed by atoms with Crippen LogP contribution in [-0.4, -0.2) is 39.9 Å². The van der Waals surface area contributed by atoms with Gasteiger partial charge in [-0.1, -0.05) is 0 Å². The highest BCUT2D eigenvalue weighted by molar-refractivity contribution is 5.73. The lowest BCUT2D eigenvalue weighted by Gasteiger charge is -2.32. The molecule has 2 rings (SSSR count). The third-order valence-corrected chi connectivity index (χ3v) is 3.17. The third kappa shape index (κ3) is 3.11. The Balaban J connectivity index is 2.12. The fourth-order valence-corrected chi connectivity index (χ4v) is 2.26. The standard InChI is InChI=1S/C11H16N6O3/c1-7(18)14-8-2-4-16(5-3-8)10-9(17(19)20)6-13-11(12)15-10/h6,8H,2-5H2,1H3,(H,14,18)(H2,12,13,15). The molecule has 1 saturated heterocycles. The minimum atomic E-state index is -0.519. The average Bonchev–Trinajstić information content (AvgIpc) is 2.38. The maximum atomic E-state index is 11.0. The Hall–Kier alpha value is -2.45. The van der Waals surface area contributed by atoms with Gasteiger partial charge in [-0.3, -0.25) is 14.9 Å². The van der Waals surface area contributed by atoms with Gasteiger partial charge in [-0.2, -0.15) is 4.98 Å². The van der Waals surface area contributed by atoms with Gasteiger partial charge in [0.2, 0.25) is 17.7 Å². The van der Waals surface area contributed by atoms with Crippen molar-refractivity contribution in [1.82, 2.24) is 15.3 Å². The van der Waals surface area contributed by atoms with Gasteiger partial charge in [-0.05, 0) is 12.8 Å². The Labute approximate surface area is 115 Å². The van der Waals surface area contributed by atoms with Gasteiger partial charge in [0.05, 0.1) is 4.92 Å². The first-order chi connectivity index (χ1) is 9.47. The van der Waals surface area contributed by atoms with Crippen LogP contribution in [0.3, 0.4) is 0 Å². The lowest BCUT2D eigenvalue weighted by atomic mass is 10.0. The van der Waals surface area contributed by atoms with Crippen LogP contribution in [0.1, 0.15) is 19.8 Å². The second kappa shape index (κ2) is 5.68. The molecule has 108 valence electrons.